The number of nitrogens with two attached hydrogens (primary N) is 1. The van der Waals surface area contributed by atoms with Crippen LogP contribution in [0.1, 0.15) is 32.4 Å². The predicted octanol–water partition coefficient (Wildman–Crippen LogP) is 1.24. The highest BCUT2D eigenvalue weighted by molar-refractivity contribution is 5.11. The van der Waals surface area contributed by atoms with E-state index >= 15 is 0 Å². The third-order valence-corrected chi connectivity index (χ3v) is 2.89. The second-order valence-electron chi connectivity index (χ2n) is 4.14. The van der Waals surface area contributed by atoms with Gasteiger partial charge < -0.3 is 5.73 Å². The van der Waals surface area contributed by atoms with E-state index in [4.69, 9.17) is 5.73 Å². The van der Waals surface area contributed by atoms with Crippen LogP contribution in [0.15, 0.2) is 12.4 Å². The highest BCUT2D eigenvalue weighted by Crippen LogP contribution is 2.19. The molecule has 1 atom stereocenters. The predicted molar refractivity (Wildman–Crippen MR) is 62.6 cm³/mol. The van der Waals surface area contributed by atoms with Gasteiger partial charge in [0.1, 0.15) is 0 Å². The molecule has 86 valence electrons. The summed E-state index contributed by atoms with van der Waals surface area (Å²) in [4.78, 5) is 2.27. The summed E-state index contributed by atoms with van der Waals surface area (Å²) in [5.41, 5.74) is 7.02. The summed E-state index contributed by atoms with van der Waals surface area (Å²) in [7, 11) is 2.10. The molecule has 1 aromatic heterocycles. The van der Waals surface area contributed by atoms with Gasteiger partial charge in [0.2, 0.25) is 0 Å². The molecule has 0 aliphatic rings. The first-order valence-electron chi connectivity index (χ1n) is 5.54. The Kier molecular flexibility index (Phi) is 4.29. The van der Waals surface area contributed by atoms with Gasteiger partial charge in [0.15, 0.2) is 0 Å². The number of likely N-dealkylation sites (N-methyl/N-ethyl adjacent to an activating group) is 1. The van der Waals surface area contributed by atoms with E-state index in [0.29, 0.717) is 12.6 Å². The quantitative estimate of drug-likeness (QED) is 0.795. The van der Waals surface area contributed by atoms with Gasteiger partial charge in [-0.1, -0.05) is 0 Å². The minimum absolute atomic E-state index is 0.269. The molecule has 4 nitrogen and oxygen atoms in total. The number of aryl methyl sites for hydroxylation is 1. The lowest BCUT2D eigenvalue weighted by Gasteiger charge is -2.29. The maximum absolute atomic E-state index is 5.82. The topological polar surface area (TPSA) is 47.1 Å². The van der Waals surface area contributed by atoms with Gasteiger partial charge in [-0.25, -0.2) is 0 Å². The smallest absolute Gasteiger partial charge is 0.0538 e. The summed E-state index contributed by atoms with van der Waals surface area (Å²) in [5, 5.41) is 4.28. The molecule has 0 spiro atoms. The molecular weight excluding hydrogens is 188 g/mol. The average molecular weight is 210 g/mol. The highest BCUT2D eigenvalue weighted by atomic mass is 15.3. The van der Waals surface area contributed by atoms with Gasteiger partial charge in [-0.15, -0.1) is 0 Å². The maximum atomic E-state index is 5.82. The second kappa shape index (κ2) is 5.28. The van der Waals surface area contributed by atoms with Crippen LogP contribution in [0.25, 0.3) is 0 Å². The maximum Gasteiger partial charge on any atom is 0.0538 e. The Balaban J connectivity index is 2.82. The van der Waals surface area contributed by atoms with E-state index in [9.17, 15) is 0 Å². The van der Waals surface area contributed by atoms with Crippen molar-refractivity contribution in [2.45, 2.75) is 39.4 Å². The van der Waals surface area contributed by atoms with Crippen molar-refractivity contribution in [3.8, 4) is 0 Å². The van der Waals surface area contributed by atoms with Crippen LogP contribution in [0.4, 0.5) is 0 Å². The van der Waals surface area contributed by atoms with Crippen LogP contribution in [0.5, 0.6) is 0 Å². The average Bonchev–Trinajstić information content (AvgIpc) is 2.67. The van der Waals surface area contributed by atoms with Crippen LogP contribution in [0.2, 0.25) is 0 Å². The van der Waals surface area contributed by atoms with Crippen molar-refractivity contribution in [2.75, 3.05) is 13.6 Å². The normalized spacial score (nSPS) is 13.8. The molecule has 1 aromatic rings. The standard InChI is InChI=1S/C11H22N4/c1-5-15-8-10(7-13-15)11(6-12)14(4)9(2)3/h7-9,11H,5-6,12H2,1-4H3. The summed E-state index contributed by atoms with van der Waals surface area (Å²) in [5.74, 6) is 0. The lowest BCUT2D eigenvalue weighted by molar-refractivity contribution is 0.201. The number of nitrogens with zero attached hydrogens (tertiary/aromatic N) is 3. The zero-order valence-electron chi connectivity index (χ0n) is 10.1. The van der Waals surface area contributed by atoms with Crippen molar-refractivity contribution in [3.05, 3.63) is 18.0 Å². The Morgan fingerprint density at radius 2 is 2.20 bits per heavy atom. The zero-order chi connectivity index (χ0) is 11.4. The molecule has 15 heavy (non-hydrogen) atoms. The first kappa shape index (κ1) is 12.2. The summed E-state index contributed by atoms with van der Waals surface area (Å²) >= 11 is 0. The minimum Gasteiger partial charge on any atom is -0.329 e. The molecule has 0 saturated heterocycles. The summed E-state index contributed by atoms with van der Waals surface area (Å²) in [6, 6.07) is 0.758. The van der Waals surface area contributed by atoms with Crippen LogP contribution in [-0.2, 0) is 6.54 Å². The minimum atomic E-state index is 0.269. The molecule has 4 heteroatoms. The van der Waals surface area contributed by atoms with Gasteiger partial charge in [0.25, 0.3) is 0 Å². The molecule has 0 aromatic carbocycles. The molecule has 0 fully saturated rings. The number of aromatic nitrogens is 2. The van der Waals surface area contributed by atoms with Crippen molar-refractivity contribution in [3.63, 3.8) is 0 Å². The first-order chi connectivity index (χ1) is 7.10. The van der Waals surface area contributed by atoms with Crippen LogP contribution in [-0.4, -0.2) is 34.3 Å². The van der Waals surface area contributed by atoms with Crippen molar-refractivity contribution in [2.24, 2.45) is 5.73 Å². The fraction of sp³-hybridized carbons (Fsp3) is 0.727. The molecule has 1 heterocycles. The van der Waals surface area contributed by atoms with Gasteiger partial charge >= 0.3 is 0 Å². The third-order valence-electron chi connectivity index (χ3n) is 2.89. The van der Waals surface area contributed by atoms with E-state index in [1.807, 2.05) is 10.9 Å². The van der Waals surface area contributed by atoms with Crippen molar-refractivity contribution in [1.29, 1.82) is 0 Å². The fourth-order valence-electron chi connectivity index (χ4n) is 1.62. The molecule has 0 saturated carbocycles. The molecule has 1 unspecified atom stereocenters. The van der Waals surface area contributed by atoms with Gasteiger partial charge in [0, 0.05) is 30.9 Å². The molecule has 0 amide bonds. The van der Waals surface area contributed by atoms with Crippen LogP contribution < -0.4 is 5.73 Å². The first-order valence-corrected chi connectivity index (χ1v) is 5.54. The van der Waals surface area contributed by atoms with Gasteiger partial charge in [-0.3, -0.25) is 9.58 Å². The summed E-state index contributed by atoms with van der Waals surface area (Å²) < 4.78 is 1.94. The lowest BCUT2D eigenvalue weighted by Crippen LogP contribution is -2.35. The van der Waals surface area contributed by atoms with Gasteiger partial charge in [0.05, 0.1) is 12.2 Å². The largest absolute Gasteiger partial charge is 0.329 e. The van der Waals surface area contributed by atoms with E-state index in [0.717, 1.165) is 6.54 Å². The molecule has 0 aliphatic heterocycles. The van der Waals surface area contributed by atoms with Crippen LogP contribution in [0.3, 0.4) is 0 Å². The van der Waals surface area contributed by atoms with Crippen molar-refractivity contribution in [1.82, 2.24) is 14.7 Å². The van der Waals surface area contributed by atoms with Gasteiger partial charge in [-0.05, 0) is 27.8 Å². The zero-order valence-corrected chi connectivity index (χ0v) is 10.1. The molecule has 0 bridgehead atoms. The SMILES string of the molecule is CCn1cc(C(CN)N(C)C(C)C)cn1. The number of hydrogen-bond donors (Lipinski definition) is 1. The van der Waals surface area contributed by atoms with E-state index in [1.54, 1.807) is 0 Å². The number of rotatable bonds is 5. The summed E-state index contributed by atoms with van der Waals surface area (Å²) in [6.45, 7) is 7.97. The Hall–Kier alpha value is -0.870. The number of hydrogen-bond acceptors (Lipinski definition) is 3. The van der Waals surface area contributed by atoms with Crippen LogP contribution in [0, 0.1) is 0 Å². The molecule has 2 N–H and O–H groups in total. The van der Waals surface area contributed by atoms with Gasteiger partial charge in [-0.2, -0.15) is 5.10 Å². The third kappa shape index (κ3) is 2.79. The lowest BCUT2D eigenvalue weighted by atomic mass is 10.1. The van der Waals surface area contributed by atoms with E-state index in [1.165, 1.54) is 5.56 Å². The molecular formula is C11H22N4. The fourth-order valence-corrected chi connectivity index (χ4v) is 1.62. The van der Waals surface area contributed by atoms with E-state index in [-0.39, 0.29) is 6.04 Å². The Morgan fingerprint density at radius 1 is 1.53 bits per heavy atom. The Bertz CT molecular complexity index is 293. The second-order valence-corrected chi connectivity index (χ2v) is 4.14. The summed E-state index contributed by atoms with van der Waals surface area (Å²) in [6.07, 6.45) is 4.00. The molecule has 0 aliphatic carbocycles. The Labute approximate surface area is 92.1 Å². The Morgan fingerprint density at radius 3 is 2.60 bits per heavy atom. The van der Waals surface area contributed by atoms with Crippen molar-refractivity contribution >= 4 is 0 Å². The van der Waals surface area contributed by atoms with E-state index in [2.05, 4.69) is 44.0 Å². The molecule has 1 rings (SSSR count). The monoisotopic (exact) mass is 210 g/mol. The van der Waals surface area contributed by atoms with E-state index < -0.39 is 0 Å². The van der Waals surface area contributed by atoms with Crippen LogP contribution >= 0.6 is 0 Å². The molecule has 0 radical (unpaired) electrons. The highest BCUT2D eigenvalue weighted by Gasteiger charge is 2.18. The van der Waals surface area contributed by atoms with Crippen molar-refractivity contribution < 1.29 is 0 Å².